The fourth-order valence-electron chi connectivity index (χ4n) is 2.62. The second kappa shape index (κ2) is 7.34. The Morgan fingerprint density at radius 1 is 1.23 bits per heavy atom. The van der Waals surface area contributed by atoms with Crippen molar-refractivity contribution in [3.8, 4) is 5.88 Å². The Labute approximate surface area is 133 Å². The summed E-state index contributed by atoms with van der Waals surface area (Å²) in [6.07, 6.45) is 3.83. The second-order valence-corrected chi connectivity index (χ2v) is 5.91. The van der Waals surface area contributed by atoms with Crippen molar-refractivity contribution in [3.05, 3.63) is 28.9 Å². The Morgan fingerprint density at radius 2 is 1.95 bits per heavy atom. The van der Waals surface area contributed by atoms with Gasteiger partial charge in [-0.1, -0.05) is 24.6 Å². The number of hydrogen-bond acceptors (Lipinski definition) is 5. The molecule has 0 radical (unpaired) electrons. The van der Waals surface area contributed by atoms with Crippen LogP contribution in [0.25, 0.3) is 11.0 Å². The predicted octanol–water partition coefficient (Wildman–Crippen LogP) is 3.58. The van der Waals surface area contributed by atoms with Crippen LogP contribution in [0.1, 0.15) is 31.7 Å². The summed E-state index contributed by atoms with van der Waals surface area (Å²) < 4.78 is 5.92. The lowest BCUT2D eigenvalue weighted by Gasteiger charge is -2.13. The van der Waals surface area contributed by atoms with E-state index in [9.17, 15) is 0 Å². The van der Waals surface area contributed by atoms with Gasteiger partial charge in [-0.3, -0.25) is 0 Å². The molecule has 2 atom stereocenters. The van der Waals surface area contributed by atoms with Gasteiger partial charge in [0.05, 0.1) is 11.0 Å². The van der Waals surface area contributed by atoms with Crippen LogP contribution in [0, 0.1) is 12.8 Å². The van der Waals surface area contributed by atoms with Crippen molar-refractivity contribution in [2.24, 2.45) is 5.92 Å². The lowest BCUT2D eigenvalue weighted by Crippen LogP contribution is -2.13. The smallest absolute Gasteiger partial charge is 0.373 e. The number of aromatic nitrogens is 2. The molecule has 5 nitrogen and oxygen atoms in total. The average Bonchev–Trinajstić information content (AvgIpc) is 2.86. The summed E-state index contributed by atoms with van der Waals surface area (Å²) in [5.74, 6) is 1.19. The summed E-state index contributed by atoms with van der Waals surface area (Å²) in [5, 5.41) is 0.357. The predicted molar refractivity (Wildman–Crippen MR) is 81.7 cm³/mol. The minimum atomic E-state index is 0.226. The molecule has 0 bridgehead atoms. The van der Waals surface area contributed by atoms with E-state index in [1.807, 2.05) is 25.1 Å². The van der Waals surface area contributed by atoms with E-state index in [0.717, 1.165) is 35.4 Å². The van der Waals surface area contributed by atoms with Crippen LogP contribution < -0.4 is 4.74 Å². The number of carbonyl (C=O) groups excluding carboxylic acids is 2. The molecule has 1 unspecified atom stereocenters. The first kappa shape index (κ1) is 16.4. The number of halogens is 1. The first-order valence-electron chi connectivity index (χ1n) is 7.13. The van der Waals surface area contributed by atoms with Gasteiger partial charge in [0.1, 0.15) is 6.10 Å². The van der Waals surface area contributed by atoms with Crippen molar-refractivity contribution in [2.45, 2.75) is 39.2 Å². The molecule has 116 valence electrons. The van der Waals surface area contributed by atoms with Gasteiger partial charge in [0.2, 0.25) is 0 Å². The van der Waals surface area contributed by atoms with E-state index in [4.69, 9.17) is 25.9 Å². The molecule has 1 aliphatic carbocycles. The van der Waals surface area contributed by atoms with Gasteiger partial charge in [-0.15, -0.1) is 0 Å². The quantitative estimate of drug-likeness (QED) is 0.846. The van der Waals surface area contributed by atoms with Crippen LogP contribution >= 0.6 is 11.6 Å². The topological polar surface area (TPSA) is 69.2 Å². The number of rotatable bonds is 2. The zero-order chi connectivity index (χ0) is 16.1. The third-order valence-corrected chi connectivity index (χ3v) is 3.92. The molecule has 0 spiro atoms. The first-order chi connectivity index (χ1) is 10.5. The molecule has 0 amide bonds. The van der Waals surface area contributed by atoms with E-state index in [0.29, 0.717) is 11.0 Å². The molecular weight excluding hydrogens is 304 g/mol. The summed E-state index contributed by atoms with van der Waals surface area (Å²) in [4.78, 5) is 25.1. The van der Waals surface area contributed by atoms with Crippen molar-refractivity contribution in [1.82, 2.24) is 9.97 Å². The Balaban J connectivity index is 0.000000545. The minimum absolute atomic E-state index is 0.226. The maximum Gasteiger partial charge on any atom is 0.373 e. The highest BCUT2D eigenvalue weighted by molar-refractivity contribution is 6.31. The van der Waals surface area contributed by atoms with Gasteiger partial charge in [0.25, 0.3) is 5.88 Å². The highest BCUT2D eigenvalue weighted by atomic mass is 35.5. The maximum atomic E-state index is 8.12. The van der Waals surface area contributed by atoms with Gasteiger partial charge < -0.3 is 4.74 Å². The highest BCUT2D eigenvalue weighted by Crippen LogP contribution is 2.31. The first-order valence-corrected chi connectivity index (χ1v) is 7.51. The molecule has 2 aromatic rings. The lowest BCUT2D eigenvalue weighted by molar-refractivity contribution is -0.191. The Kier molecular flexibility index (Phi) is 5.47. The standard InChI is InChI=1S/C15H17ClN2O.CO2/c1-9-3-5-11(7-9)19-15-14(16)17-12-6-4-10(2)8-13(12)18-15;2-1-3/h4,6,8-9,11H,3,5,7H2,1-2H3;/t9-,11?;/m0./s1. The van der Waals surface area contributed by atoms with Crippen LogP contribution in [-0.4, -0.2) is 22.2 Å². The number of nitrogens with zero attached hydrogens (tertiary/aromatic N) is 2. The number of hydrogen-bond donors (Lipinski definition) is 0. The number of benzene rings is 1. The molecular formula is C16H17ClN2O3. The van der Waals surface area contributed by atoms with Crippen molar-refractivity contribution in [1.29, 1.82) is 0 Å². The van der Waals surface area contributed by atoms with Crippen molar-refractivity contribution in [2.75, 3.05) is 0 Å². The molecule has 0 saturated heterocycles. The number of ether oxygens (including phenoxy) is 1. The monoisotopic (exact) mass is 320 g/mol. The summed E-state index contributed by atoms with van der Waals surface area (Å²) in [7, 11) is 0. The van der Waals surface area contributed by atoms with Gasteiger partial charge in [-0.05, 0) is 49.8 Å². The van der Waals surface area contributed by atoms with Gasteiger partial charge in [-0.25, -0.2) is 9.97 Å². The molecule has 1 aromatic carbocycles. The molecule has 1 fully saturated rings. The van der Waals surface area contributed by atoms with Crippen molar-refractivity contribution in [3.63, 3.8) is 0 Å². The van der Waals surface area contributed by atoms with Crippen LogP contribution in [0.4, 0.5) is 0 Å². The Hall–Kier alpha value is -1.97. The summed E-state index contributed by atoms with van der Waals surface area (Å²) in [6, 6.07) is 5.94. The van der Waals surface area contributed by atoms with E-state index < -0.39 is 0 Å². The van der Waals surface area contributed by atoms with Crippen LogP contribution in [0.5, 0.6) is 5.88 Å². The molecule has 1 aromatic heterocycles. The van der Waals surface area contributed by atoms with E-state index in [-0.39, 0.29) is 12.3 Å². The van der Waals surface area contributed by atoms with E-state index in [1.54, 1.807) is 0 Å². The molecule has 1 aliphatic rings. The number of fused-ring (bicyclic) bond motifs is 1. The summed E-state index contributed by atoms with van der Waals surface area (Å²) in [5.41, 5.74) is 2.80. The van der Waals surface area contributed by atoms with Gasteiger partial charge in [-0.2, -0.15) is 9.59 Å². The SMILES string of the molecule is Cc1ccc2nc(Cl)c(OC3CC[C@H](C)C3)nc2c1.O=C=O. The largest absolute Gasteiger partial charge is 0.472 e. The highest BCUT2D eigenvalue weighted by Gasteiger charge is 2.24. The number of aryl methyl sites for hydroxylation is 1. The average molecular weight is 321 g/mol. The van der Waals surface area contributed by atoms with Gasteiger partial charge in [0.15, 0.2) is 5.15 Å². The third kappa shape index (κ3) is 4.03. The van der Waals surface area contributed by atoms with Crippen molar-refractivity contribution < 1.29 is 14.3 Å². The molecule has 1 saturated carbocycles. The van der Waals surface area contributed by atoms with E-state index >= 15 is 0 Å². The summed E-state index contributed by atoms with van der Waals surface area (Å²) >= 11 is 6.16. The minimum Gasteiger partial charge on any atom is -0.472 e. The molecule has 0 aliphatic heterocycles. The second-order valence-electron chi connectivity index (χ2n) is 5.55. The fourth-order valence-corrected chi connectivity index (χ4v) is 2.80. The molecule has 0 N–H and O–H groups in total. The molecule has 6 heteroatoms. The molecule has 22 heavy (non-hydrogen) atoms. The lowest BCUT2D eigenvalue weighted by atomic mass is 10.1. The van der Waals surface area contributed by atoms with Crippen molar-refractivity contribution >= 4 is 28.8 Å². The van der Waals surface area contributed by atoms with Gasteiger partial charge in [0, 0.05) is 0 Å². The zero-order valence-electron chi connectivity index (χ0n) is 12.5. The molecule has 1 heterocycles. The van der Waals surface area contributed by atoms with E-state index in [1.165, 1.54) is 6.42 Å². The Morgan fingerprint density at radius 3 is 2.59 bits per heavy atom. The Bertz CT molecular complexity index is 699. The maximum absolute atomic E-state index is 8.12. The van der Waals surface area contributed by atoms with Crippen LogP contribution in [0.3, 0.4) is 0 Å². The van der Waals surface area contributed by atoms with E-state index in [2.05, 4.69) is 16.9 Å². The normalized spacial score (nSPS) is 20.1. The third-order valence-electron chi connectivity index (χ3n) is 3.67. The fraction of sp³-hybridized carbons (Fsp3) is 0.438. The van der Waals surface area contributed by atoms with Gasteiger partial charge >= 0.3 is 6.15 Å². The van der Waals surface area contributed by atoms with Crippen LogP contribution in [-0.2, 0) is 9.59 Å². The van der Waals surface area contributed by atoms with Crippen LogP contribution in [0.2, 0.25) is 5.15 Å². The molecule has 3 rings (SSSR count). The van der Waals surface area contributed by atoms with Crippen LogP contribution in [0.15, 0.2) is 18.2 Å². The zero-order valence-corrected chi connectivity index (χ0v) is 13.3. The summed E-state index contributed by atoms with van der Waals surface area (Å²) in [6.45, 7) is 4.29.